The minimum Gasteiger partial charge on any atom is -0.398 e. The van der Waals surface area contributed by atoms with Crippen LogP contribution in [-0.2, 0) is 11.3 Å². The Morgan fingerprint density at radius 2 is 2.00 bits per heavy atom. The number of ether oxygens (including phenoxy) is 1. The lowest BCUT2D eigenvalue weighted by Gasteiger charge is -2.10. The summed E-state index contributed by atoms with van der Waals surface area (Å²) < 4.78 is 7.34. The van der Waals surface area contributed by atoms with Gasteiger partial charge in [0.15, 0.2) is 5.82 Å². The Bertz CT molecular complexity index is 594. The lowest BCUT2D eigenvalue weighted by molar-refractivity contribution is 0.121. The first-order valence-electron chi connectivity index (χ1n) is 7.34. The van der Waals surface area contributed by atoms with Crippen LogP contribution >= 0.6 is 0 Å². The summed E-state index contributed by atoms with van der Waals surface area (Å²) in [4.78, 5) is 0. The highest BCUT2D eigenvalue weighted by molar-refractivity contribution is 5.67. The second-order valence-corrected chi connectivity index (χ2v) is 5.22. The Balaban J connectivity index is 2.11. The van der Waals surface area contributed by atoms with Crippen LogP contribution in [0, 0.1) is 13.8 Å². The molecule has 2 N–H and O–H groups in total. The van der Waals surface area contributed by atoms with Crippen molar-refractivity contribution in [3.63, 3.8) is 0 Å². The summed E-state index contributed by atoms with van der Waals surface area (Å²) >= 11 is 0. The molecule has 0 fully saturated rings. The van der Waals surface area contributed by atoms with Crippen molar-refractivity contribution in [2.24, 2.45) is 0 Å². The molecule has 0 saturated carbocycles. The van der Waals surface area contributed by atoms with Crippen molar-refractivity contribution in [2.75, 3.05) is 18.9 Å². The van der Waals surface area contributed by atoms with Gasteiger partial charge in [-0.1, -0.05) is 19.4 Å². The van der Waals surface area contributed by atoms with Crippen molar-refractivity contribution >= 4 is 5.69 Å². The maximum atomic E-state index is 6.00. The normalized spacial score (nSPS) is 11.0. The van der Waals surface area contributed by atoms with Crippen molar-refractivity contribution in [1.82, 2.24) is 20.2 Å². The number of benzene rings is 1. The molecular weight excluding hydrogens is 266 g/mol. The highest BCUT2D eigenvalue weighted by Gasteiger charge is 2.12. The number of aromatic nitrogens is 4. The van der Waals surface area contributed by atoms with Crippen LogP contribution in [0.5, 0.6) is 0 Å². The number of nitrogens with zero attached hydrogens (tertiary/aromatic N) is 4. The lowest BCUT2D eigenvalue weighted by Crippen LogP contribution is -2.10. The van der Waals surface area contributed by atoms with E-state index >= 15 is 0 Å². The minimum atomic E-state index is 0.610. The topological polar surface area (TPSA) is 78.8 Å². The monoisotopic (exact) mass is 289 g/mol. The van der Waals surface area contributed by atoms with Gasteiger partial charge >= 0.3 is 0 Å². The number of hydrogen-bond acceptors (Lipinski definition) is 5. The molecule has 1 aromatic heterocycles. The fraction of sp³-hybridized carbons (Fsp3) is 0.533. The zero-order valence-electron chi connectivity index (χ0n) is 13.0. The van der Waals surface area contributed by atoms with Gasteiger partial charge < -0.3 is 10.5 Å². The van der Waals surface area contributed by atoms with E-state index in [1.807, 2.05) is 19.9 Å². The van der Waals surface area contributed by atoms with Crippen LogP contribution in [0.2, 0.25) is 0 Å². The number of anilines is 1. The molecule has 0 amide bonds. The third-order valence-electron chi connectivity index (χ3n) is 3.48. The molecule has 1 heterocycles. The van der Waals surface area contributed by atoms with Crippen molar-refractivity contribution in [1.29, 1.82) is 0 Å². The molecule has 0 aliphatic carbocycles. The van der Waals surface area contributed by atoms with Crippen LogP contribution in [0.25, 0.3) is 11.4 Å². The van der Waals surface area contributed by atoms with Gasteiger partial charge in [0, 0.05) is 17.9 Å². The smallest absolute Gasteiger partial charge is 0.182 e. The molecule has 0 bridgehead atoms. The summed E-state index contributed by atoms with van der Waals surface area (Å²) in [6.45, 7) is 8.21. The summed E-state index contributed by atoms with van der Waals surface area (Å²) in [5.74, 6) is 0.735. The second kappa shape index (κ2) is 7.17. The van der Waals surface area contributed by atoms with Gasteiger partial charge in [0.1, 0.15) is 0 Å². The second-order valence-electron chi connectivity index (χ2n) is 5.22. The Morgan fingerprint density at radius 1 is 1.19 bits per heavy atom. The molecule has 0 spiro atoms. The van der Waals surface area contributed by atoms with Gasteiger partial charge in [-0.2, -0.15) is 0 Å². The molecule has 0 aliphatic rings. The average molecular weight is 289 g/mol. The van der Waals surface area contributed by atoms with Crippen LogP contribution in [0.1, 0.15) is 30.9 Å². The van der Waals surface area contributed by atoms with E-state index in [2.05, 4.69) is 28.5 Å². The van der Waals surface area contributed by atoms with Crippen LogP contribution in [0.15, 0.2) is 12.1 Å². The first-order chi connectivity index (χ1) is 10.1. The van der Waals surface area contributed by atoms with E-state index in [1.54, 1.807) is 4.68 Å². The first kappa shape index (κ1) is 15.4. The molecule has 0 unspecified atom stereocenters. The molecule has 2 rings (SSSR count). The van der Waals surface area contributed by atoms with Gasteiger partial charge in [-0.3, -0.25) is 0 Å². The summed E-state index contributed by atoms with van der Waals surface area (Å²) in [6, 6.07) is 3.99. The Morgan fingerprint density at radius 3 is 2.76 bits per heavy atom. The Labute approximate surface area is 125 Å². The zero-order valence-corrected chi connectivity index (χ0v) is 13.0. The quantitative estimate of drug-likeness (QED) is 0.625. The number of nitrogens with two attached hydrogens (primary N) is 1. The van der Waals surface area contributed by atoms with Gasteiger partial charge in [0.2, 0.25) is 0 Å². The predicted molar refractivity (Wildman–Crippen MR) is 82.9 cm³/mol. The standard InChI is InChI=1S/C15H23N5O/c1-4-5-7-21-8-6-20-15(17-18-19-20)13-10-14(16)12(3)9-11(13)2/h9-10H,4-8,16H2,1-3H3. The average Bonchev–Trinajstić information content (AvgIpc) is 2.91. The van der Waals surface area contributed by atoms with E-state index in [9.17, 15) is 0 Å². The minimum absolute atomic E-state index is 0.610. The van der Waals surface area contributed by atoms with Crippen LogP contribution in [0.3, 0.4) is 0 Å². The van der Waals surface area contributed by atoms with Crippen LogP contribution < -0.4 is 5.73 Å². The molecule has 1 aromatic carbocycles. The van der Waals surface area contributed by atoms with Gasteiger partial charge in [0.25, 0.3) is 0 Å². The molecule has 6 nitrogen and oxygen atoms in total. The number of rotatable bonds is 7. The van der Waals surface area contributed by atoms with Crippen molar-refractivity contribution in [3.8, 4) is 11.4 Å². The number of hydrogen-bond donors (Lipinski definition) is 1. The maximum Gasteiger partial charge on any atom is 0.182 e. The molecule has 2 aromatic rings. The lowest BCUT2D eigenvalue weighted by atomic mass is 10.0. The van der Waals surface area contributed by atoms with Crippen molar-refractivity contribution in [2.45, 2.75) is 40.2 Å². The van der Waals surface area contributed by atoms with Crippen LogP contribution in [-0.4, -0.2) is 33.4 Å². The summed E-state index contributed by atoms with van der Waals surface area (Å²) in [6.07, 6.45) is 2.22. The summed E-state index contributed by atoms with van der Waals surface area (Å²) in [5, 5.41) is 11.9. The maximum absolute atomic E-state index is 6.00. The molecule has 21 heavy (non-hydrogen) atoms. The Kier molecular flexibility index (Phi) is 5.27. The molecular formula is C15H23N5O. The van der Waals surface area contributed by atoms with Crippen molar-refractivity contribution in [3.05, 3.63) is 23.3 Å². The molecule has 0 saturated heterocycles. The SMILES string of the molecule is CCCCOCCn1nnnc1-c1cc(N)c(C)cc1C. The van der Waals surface area contributed by atoms with E-state index < -0.39 is 0 Å². The largest absolute Gasteiger partial charge is 0.398 e. The predicted octanol–water partition coefficient (Wildman–Crippen LogP) is 2.36. The third kappa shape index (κ3) is 3.78. The van der Waals surface area contributed by atoms with E-state index in [4.69, 9.17) is 10.5 Å². The number of nitrogen functional groups attached to an aromatic ring is 1. The van der Waals surface area contributed by atoms with Gasteiger partial charge in [-0.25, -0.2) is 4.68 Å². The van der Waals surface area contributed by atoms with Gasteiger partial charge in [0.05, 0.1) is 13.2 Å². The molecule has 0 atom stereocenters. The fourth-order valence-electron chi connectivity index (χ4n) is 2.16. The van der Waals surface area contributed by atoms with E-state index in [0.29, 0.717) is 13.2 Å². The highest BCUT2D eigenvalue weighted by atomic mass is 16.5. The molecule has 114 valence electrons. The number of aryl methyl sites for hydroxylation is 2. The van der Waals surface area contributed by atoms with Crippen molar-refractivity contribution < 1.29 is 4.74 Å². The molecule has 6 heteroatoms. The zero-order chi connectivity index (χ0) is 15.2. The van der Waals surface area contributed by atoms with Crippen LogP contribution in [0.4, 0.5) is 5.69 Å². The highest BCUT2D eigenvalue weighted by Crippen LogP contribution is 2.25. The first-order valence-corrected chi connectivity index (χ1v) is 7.34. The Hall–Kier alpha value is -1.95. The van der Waals surface area contributed by atoms with Gasteiger partial charge in [-0.05, 0) is 47.9 Å². The van der Waals surface area contributed by atoms with Gasteiger partial charge in [-0.15, -0.1) is 5.10 Å². The number of tetrazole rings is 1. The fourth-order valence-corrected chi connectivity index (χ4v) is 2.16. The summed E-state index contributed by atoms with van der Waals surface area (Å²) in [5.41, 5.74) is 9.90. The molecule has 0 radical (unpaired) electrons. The summed E-state index contributed by atoms with van der Waals surface area (Å²) in [7, 11) is 0. The third-order valence-corrected chi connectivity index (χ3v) is 3.48. The van der Waals surface area contributed by atoms with E-state index in [1.165, 1.54) is 0 Å². The number of unbranched alkanes of at least 4 members (excludes halogenated alkanes) is 1. The van der Waals surface area contributed by atoms with E-state index in [0.717, 1.165) is 47.7 Å². The van der Waals surface area contributed by atoms with E-state index in [-0.39, 0.29) is 0 Å². The molecule has 0 aliphatic heterocycles.